The Kier molecular flexibility index (Phi) is 5.34. The van der Waals surface area contributed by atoms with Crippen LogP contribution < -0.4 is 14.3 Å². The molecule has 0 aliphatic carbocycles. The molecule has 0 saturated heterocycles. The van der Waals surface area contributed by atoms with Crippen LogP contribution in [0.25, 0.3) is 10.2 Å². The lowest BCUT2D eigenvalue weighted by molar-refractivity contribution is 0.0994. The second-order valence-corrected chi connectivity index (χ2v) is 7.01. The summed E-state index contributed by atoms with van der Waals surface area (Å²) in [6, 6.07) is 9.00. The number of nitrogens with zero attached hydrogens (tertiary/aromatic N) is 2. The summed E-state index contributed by atoms with van der Waals surface area (Å²) in [7, 11) is 3.04. The molecule has 136 valence electrons. The summed E-state index contributed by atoms with van der Waals surface area (Å²) < 4.78 is 13.5. The lowest BCUT2D eigenvalue weighted by atomic mass is 10.2. The number of fused-ring (bicyclic) bond motifs is 1. The number of halogens is 1. The van der Waals surface area contributed by atoms with Crippen LogP contribution in [0.5, 0.6) is 11.5 Å². The van der Waals surface area contributed by atoms with E-state index in [1.807, 2.05) is 30.5 Å². The number of hydrogen-bond acceptors (Lipinski definition) is 4. The Hall–Kier alpha value is -2.31. The molecule has 1 aromatic heterocycles. The SMILES string of the molecule is CCn1c(=NC(=O)c2cccc(OC)c2OC)sc2c(Cl)ccc(C)c21. The molecule has 7 heteroatoms. The average Bonchev–Trinajstić information content (AvgIpc) is 3.03. The van der Waals surface area contributed by atoms with E-state index in [-0.39, 0.29) is 5.91 Å². The predicted molar refractivity (Wildman–Crippen MR) is 105 cm³/mol. The number of carbonyl (C=O) groups is 1. The molecule has 0 aliphatic heterocycles. The smallest absolute Gasteiger partial charge is 0.283 e. The second kappa shape index (κ2) is 7.51. The maximum absolute atomic E-state index is 12.8. The van der Waals surface area contributed by atoms with Crippen LogP contribution in [0.3, 0.4) is 0 Å². The largest absolute Gasteiger partial charge is 0.493 e. The molecule has 0 unspecified atom stereocenters. The van der Waals surface area contributed by atoms with Crippen molar-refractivity contribution in [2.24, 2.45) is 4.99 Å². The zero-order chi connectivity index (χ0) is 18.8. The van der Waals surface area contributed by atoms with Gasteiger partial charge in [0.15, 0.2) is 16.3 Å². The van der Waals surface area contributed by atoms with Gasteiger partial charge in [-0.05, 0) is 37.6 Å². The maximum Gasteiger partial charge on any atom is 0.283 e. The second-order valence-electron chi connectivity index (χ2n) is 5.63. The van der Waals surface area contributed by atoms with E-state index >= 15 is 0 Å². The van der Waals surface area contributed by atoms with Crippen LogP contribution in [-0.2, 0) is 6.54 Å². The molecule has 26 heavy (non-hydrogen) atoms. The Bertz CT molecular complexity index is 1050. The van der Waals surface area contributed by atoms with Gasteiger partial charge in [0.25, 0.3) is 5.91 Å². The molecule has 0 bridgehead atoms. The molecule has 0 N–H and O–H groups in total. The van der Waals surface area contributed by atoms with Crippen LogP contribution in [0.4, 0.5) is 0 Å². The van der Waals surface area contributed by atoms with E-state index in [4.69, 9.17) is 21.1 Å². The van der Waals surface area contributed by atoms with Crippen molar-refractivity contribution in [3.63, 3.8) is 0 Å². The van der Waals surface area contributed by atoms with Crippen molar-refractivity contribution in [1.29, 1.82) is 0 Å². The number of aryl methyl sites for hydroxylation is 2. The molecule has 0 saturated carbocycles. The number of benzene rings is 2. The minimum atomic E-state index is -0.386. The number of carbonyl (C=O) groups excluding carboxylic acids is 1. The summed E-state index contributed by atoms with van der Waals surface area (Å²) >= 11 is 7.75. The van der Waals surface area contributed by atoms with E-state index in [2.05, 4.69) is 4.99 Å². The lowest BCUT2D eigenvalue weighted by Crippen LogP contribution is -2.16. The summed E-state index contributed by atoms with van der Waals surface area (Å²) in [6.45, 7) is 4.72. The topological polar surface area (TPSA) is 52.8 Å². The Labute approximate surface area is 160 Å². The molecule has 0 atom stereocenters. The van der Waals surface area contributed by atoms with Crippen molar-refractivity contribution in [3.05, 3.63) is 51.3 Å². The normalized spacial score (nSPS) is 11.8. The standard InChI is InChI=1S/C19H19ClN2O3S/c1-5-22-15-11(2)9-10-13(20)17(15)26-19(22)21-18(23)12-7-6-8-14(24-3)16(12)25-4/h6-10H,5H2,1-4H3. The fourth-order valence-corrected chi connectivity index (χ4v) is 4.34. The first kappa shape index (κ1) is 18.5. The van der Waals surface area contributed by atoms with Crippen LogP contribution in [0.15, 0.2) is 35.3 Å². The van der Waals surface area contributed by atoms with Gasteiger partial charge in [0.1, 0.15) is 0 Å². The zero-order valence-corrected chi connectivity index (χ0v) is 16.6. The van der Waals surface area contributed by atoms with Crippen LogP contribution in [0, 0.1) is 6.92 Å². The highest BCUT2D eigenvalue weighted by atomic mass is 35.5. The number of amides is 1. The van der Waals surface area contributed by atoms with E-state index in [1.165, 1.54) is 25.6 Å². The molecule has 3 aromatic rings. The lowest BCUT2D eigenvalue weighted by Gasteiger charge is -2.10. The Morgan fingerprint density at radius 3 is 2.65 bits per heavy atom. The van der Waals surface area contributed by atoms with Crippen molar-refractivity contribution in [3.8, 4) is 11.5 Å². The van der Waals surface area contributed by atoms with E-state index in [1.54, 1.807) is 18.2 Å². The van der Waals surface area contributed by atoms with Crippen molar-refractivity contribution in [2.75, 3.05) is 14.2 Å². The molecule has 0 fully saturated rings. The summed E-state index contributed by atoms with van der Waals surface area (Å²) in [5, 5.41) is 0.658. The van der Waals surface area contributed by atoms with Crippen molar-refractivity contribution >= 4 is 39.1 Å². The van der Waals surface area contributed by atoms with Gasteiger partial charge >= 0.3 is 0 Å². The maximum atomic E-state index is 12.8. The van der Waals surface area contributed by atoms with Gasteiger partial charge in [0.2, 0.25) is 0 Å². The number of ether oxygens (including phenoxy) is 2. The van der Waals surface area contributed by atoms with E-state index in [0.29, 0.717) is 33.4 Å². The summed E-state index contributed by atoms with van der Waals surface area (Å²) in [6.07, 6.45) is 0. The fourth-order valence-electron chi connectivity index (χ4n) is 2.90. The Balaban J connectivity index is 2.22. The van der Waals surface area contributed by atoms with Crippen molar-refractivity contribution in [2.45, 2.75) is 20.4 Å². The third kappa shape index (κ3) is 3.10. The van der Waals surface area contributed by atoms with Crippen LogP contribution in [0.1, 0.15) is 22.8 Å². The molecule has 0 aliphatic rings. The number of hydrogen-bond donors (Lipinski definition) is 0. The van der Waals surface area contributed by atoms with Gasteiger partial charge in [-0.3, -0.25) is 4.79 Å². The van der Waals surface area contributed by atoms with Gasteiger partial charge in [-0.2, -0.15) is 4.99 Å². The van der Waals surface area contributed by atoms with E-state index in [0.717, 1.165) is 15.8 Å². The molecule has 0 radical (unpaired) electrons. The number of rotatable bonds is 4. The first-order valence-corrected chi connectivity index (χ1v) is 9.29. The highest BCUT2D eigenvalue weighted by Crippen LogP contribution is 2.32. The molecule has 1 heterocycles. The predicted octanol–water partition coefficient (Wildman–Crippen LogP) is 4.44. The van der Waals surface area contributed by atoms with E-state index in [9.17, 15) is 4.79 Å². The van der Waals surface area contributed by atoms with Gasteiger partial charge in [0, 0.05) is 6.54 Å². The Morgan fingerprint density at radius 1 is 1.23 bits per heavy atom. The third-order valence-corrected chi connectivity index (χ3v) is 5.66. The monoisotopic (exact) mass is 390 g/mol. The van der Waals surface area contributed by atoms with Gasteiger partial charge in [-0.1, -0.05) is 35.1 Å². The van der Waals surface area contributed by atoms with Crippen LogP contribution in [0.2, 0.25) is 5.02 Å². The van der Waals surface area contributed by atoms with Crippen LogP contribution in [-0.4, -0.2) is 24.7 Å². The summed E-state index contributed by atoms with van der Waals surface area (Å²) in [4.78, 5) is 17.8. The van der Waals surface area contributed by atoms with Crippen LogP contribution >= 0.6 is 22.9 Å². The third-order valence-electron chi connectivity index (χ3n) is 4.13. The van der Waals surface area contributed by atoms with Gasteiger partial charge in [0.05, 0.1) is 35.0 Å². The number of methoxy groups -OCH3 is 2. The molecule has 1 amide bonds. The molecular weight excluding hydrogens is 372 g/mol. The molecule has 0 spiro atoms. The number of aromatic nitrogens is 1. The molecular formula is C19H19ClN2O3S. The molecule has 5 nitrogen and oxygen atoms in total. The zero-order valence-electron chi connectivity index (χ0n) is 15.0. The van der Waals surface area contributed by atoms with Crippen molar-refractivity contribution in [1.82, 2.24) is 4.57 Å². The minimum absolute atomic E-state index is 0.356. The minimum Gasteiger partial charge on any atom is -0.493 e. The number of thiazole rings is 1. The van der Waals surface area contributed by atoms with Crippen molar-refractivity contribution < 1.29 is 14.3 Å². The first-order valence-electron chi connectivity index (χ1n) is 8.10. The summed E-state index contributed by atoms with van der Waals surface area (Å²) in [5.41, 5.74) is 2.46. The highest BCUT2D eigenvalue weighted by Gasteiger charge is 2.17. The summed E-state index contributed by atoms with van der Waals surface area (Å²) in [5.74, 6) is 0.484. The average molecular weight is 391 g/mol. The first-order chi connectivity index (χ1) is 12.5. The fraction of sp³-hybridized carbons (Fsp3) is 0.263. The van der Waals surface area contributed by atoms with E-state index < -0.39 is 0 Å². The van der Waals surface area contributed by atoms with Gasteiger partial charge in [-0.15, -0.1) is 0 Å². The number of para-hydroxylation sites is 1. The highest BCUT2D eigenvalue weighted by molar-refractivity contribution is 7.17. The quantitative estimate of drug-likeness (QED) is 0.661. The molecule has 3 rings (SSSR count). The van der Waals surface area contributed by atoms with Gasteiger partial charge in [-0.25, -0.2) is 0 Å². The van der Waals surface area contributed by atoms with Gasteiger partial charge < -0.3 is 14.0 Å². The Morgan fingerprint density at radius 2 is 2.00 bits per heavy atom. The molecule has 2 aromatic carbocycles.